The maximum absolute atomic E-state index is 13.7. The molecule has 0 unspecified atom stereocenters. The molecule has 0 saturated heterocycles. The number of β-amino-alcohol motifs (C(OH)–C–C–N with tert-alkyl or cyclic N) is 1. The highest BCUT2D eigenvalue weighted by Crippen LogP contribution is 2.35. The fraction of sp³-hybridized carbons (Fsp3) is 0.519. The molecule has 3 rings (SSSR count). The van der Waals surface area contributed by atoms with Crippen LogP contribution in [0.25, 0.3) is 0 Å². The number of amides is 1. The highest BCUT2D eigenvalue weighted by atomic mass is 19.1. The molecule has 1 aliphatic heterocycles. The van der Waals surface area contributed by atoms with E-state index in [0.29, 0.717) is 18.0 Å². The number of carbonyl (C=O) groups excluding carboxylic acids is 1. The molecular weight excluding hydrogens is 452 g/mol. The number of halogens is 2. The van der Waals surface area contributed by atoms with Crippen molar-refractivity contribution in [2.75, 3.05) is 31.1 Å². The zero-order chi connectivity index (χ0) is 25.5. The van der Waals surface area contributed by atoms with Crippen LogP contribution in [0.3, 0.4) is 0 Å². The summed E-state index contributed by atoms with van der Waals surface area (Å²) in [6.45, 7) is 7.29. The molecule has 35 heavy (non-hydrogen) atoms. The summed E-state index contributed by atoms with van der Waals surface area (Å²) in [5, 5.41) is 26.6. The van der Waals surface area contributed by atoms with E-state index in [1.54, 1.807) is 0 Å². The monoisotopic (exact) mass is 489 g/mol. The van der Waals surface area contributed by atoms with Crippen LogP contribution in [0.5, 0.6) is 0 Å². The molecule has 2 aromatic carbocycles. The Bertz CT molecular complexity index is 981. The van der Waals surface area contributed by atoms with Crippen molar-refractivity contribution in [2.24, 2.45) is 5.92 Å². The Labute approximate surface area is 206 Å². The molecule has 3 atom stereocenters. The molecule has 192 valence electrons. The van der Waals surface area contributed by atoms with E-state index in [1.807, 2.05) is 0 Å². The SMILES string of the molecule is CC(=O)N[C@@H](Cc1cc(F)cc(F)c1)[C@H](O)CN[C@H]1CCN(CCO)c2ccc(CC(C)C)cc21. The highest BCUT2D eigenvalue weighted by molar-refractivity contribution is 5.73. The molecule has 8 heteroatoms. The van der Waals surface area contributed by atoms with Gasteiger partial charge in [0, 0.05) is 44.4 Å². The van der Waals surface area contributed by atoms with E-state index in [0.717, 1.165) is 36.7 Å². The van der Waals surface area contributed by atoms with Gasteiger partial charge in [-0.15, -0.1) is 0 Å². The maximum atomic E-state index is 13.7. The van der Waals surface area contributed by atoms with Gasteiger partial charge in [0.1, 0.15) is 11.6 Å². The summed E-state index contributed by atoms with van der Waals surface area (Å²) >= 11 is 0. The van der Waals surface area contributed by atoms with E-state index in [2.05, 4.69) is 47.6 Å². The van der Waals surface area contributed by atoms with E-state index in [1.165, 1.54) is 24.6 Å². The minimum atomic E-state index is -0.969. The van der Waals surface area contributed by atoms with E-state index < -0.39 is 23.8 Å². The van der Waals surface area contributed by atoms with Crippen molar-refractivity contribution in [1.82, 2.24) is 10.6 Å². The van der Waals surface area contributed by atoms with Gasteiger partial charge in [-0.25, -0.2) is 8.78 Å². The van der Waals surface area contributed by atoms with Crippen LogP contribution in [-0.4, -0.2) is 54.5 Å². The van der Waals surface area contributed by atoms with Gasteiger partial charge in [-0.2, -0.15) is 0 Å². The number of fused-ring (bicyclic) bond motifs is 1. The van der Waals surface area contributed by atoms with Gasteiger partial charge >= 0.3 is 0 Å². The van der Waals surface area contributed by atoms with Crippen LogP contribution in [0, 0.1) is 17.6 Å². The summed E-state index contributed by atoms with van der Waals surface area (Å²) in [5.41, 5.74) is 3.79. The van der Waals surface area contributed by atoms with Crippen molar-refractivity contribution in [2.45, 2.75) is 58.2 Å². The Morgan fingerprint density at radius 3 is 2.46 bits per heavy atom. The summed E-state index contributed by atoms with van der Waals surface area (Å²) in [5.74, 6) is -1.20. The molecule has 0 radical (unpaired) electrons. The Balaban J connectivity index is 1.75. The molecule has 0 bridgehead atoms. The molecule has 0 saturated carbocycles. The number of carbonyl (C=O) groups is 1. The minimum absolute atomic E-state index is 0.00806. The van der Waals surface area contributed by atoms with Crippen molar-refractivity contribution in [3.05, 3.63) is 64.7 Å². The predicted molar refractivity (Wildman–Crippen MR) is 133 cm³/mol. The fourth-order valence-corrected chi connectivity index (χ4v) is 4.83. The summed E-state index contributed by atoms with van der Waals surface area (Å²) in [4.78, 5) is 13.9. The third-order valence-corrected chi connectivity index (χ3v) is 6.31. The average molecular weight is 490 g/mol. The summed E-state index contributed by atoms with van der Waals surface area (Å²) in [7, 11) is 0. The highest BCUT2D eigenvalue weighted by Gasteiger charge is 2.27. The van der Waals surface area contributed by atoms with E-state index in [9.17, 15) is 23.8 Å². The van der Waals surface area contributed by atoms with Crippen LogP contribution in [0.1, 0.15) is 49.9 Å². The normalized spacial score (nSPS) is 17.3. The molecule has 0 spiro atoms. The average Bonchev–Trinajstić information content (AvgIpc) is 2.76. The quantitative estimate of drug-likeness (QED) is 0.390. The van der Waals surface area contributed by atoms with Gasteiger partial charge in [-0.3, -0.25) is 4.79 Å². The molecule has 1 heterocycles. The minimum Gasteiger partial charge on any atom is -0.395 e. The van der Waals surface area contributed by atoms with Gasteiger partial charge in [-0.1, -0.05) is 26.0 Å². The maximum Gasteiger partial charge on any atom is 0.217 e. The van der Waals surface area contributed by atoms with Gasteiger partial charge in [0.2, 0.25) is 5.91 Å². The Morgan fingerprint density at radius 1 is 1.11 bits per heavy atom. The van der Waals surface area contributed by atoms with E-state index in [-0.39, 0.29) is 31.5 Å². The molecule has 0 aliphatic carbocycles. The molecule has 1 aliphatic rings. The largest absolute Gasteiger partial charge is 0.395 e. The summed E-state index contributed by atoms with van der Waals surface area (Å²) in [6, 6.07) is 8.93. The number of rotatable bonds is 11. The Hall–Kier alpha value is -2.55. The third kappa shape index (κ3) is 7.72. The predicted octanol–water partition coefficient (Wildman–Crippen LogP) is 3.10. The molecule has 2 aromatic rings. The number of nitrogens with one attached hydrogen (secondary N) is 2. The molecule has 0 aromatic heterocycles. The van der Waals surface area contributed by atoms with Crippen LogP contribution in [0.4, 0.5) is 14.5 Å². The first kappa shape index (κ1) is 27.0. The summed E-state index contributed by atoms with van der Waals surface area (Å²) in [6.07, 6.45) is 0.881. The standard InChI is InChI=1S/C27H37F2N3O3/c1-17(2)10-19-4-5-26-23(13-19)24(6-7-32(26)8-9-33)30-16-27(35)25(31-18(3)34)14-20-11-21(28)15-22(29)12-20/h4-5,11-13,15,17,24-25,27,30,33,35H,6-10,14,16H2,1-3H3,(H,31,34)/t24-,25-,27+/m0/s1. The zero-order valence-corrected chi connectivity index (χ0v) is 20.7. The van der Waals surface area contributed by atoms with Gasteiger partial charge < -0.3 is 25.7 Å². The molecule has 6 nitrogen and oxygen atoms in total. The lowest BCUT2D eigenvalue weighted by atomic mass is 9.91. The number of hydrogen-bond donors (Lipinski definition) is 4. The molecule has 0 fully saturated rings. The van der Waals surface area contributed by atoms with Crippen LogP contribution in [-0.2, 0) is 17.6 Å². The topological polar surface area (TPSA) is 84.8 Å². The first-order valence-corrected chi connectivity index (χ1v) is 12.3. The lowest BCUT2D eigenvalue weighted by Crippen LogP contribution is -2.49. The molecule has 1 amide bonds. The lowest BCUT2D eigenvalue weighted by Gasteiger charge is -2.37. The van der Waals surface area contributed by atoms with Crippen molar-refractivity contribution in [3.8, 4) is 0 Å². The second-order valence-corrected chi connectivity index (χ2v) is 9.81. The van der Waals surface area contributed by atoms with Crippen molar-refractivity contribution in [1.29, 1.82) is 0 Å². The Kier molecular flexibility index (Phi) is 9.60. The number of anilines is 1. The number of hydrogen-bond acceptors (Lipinski definition) is 5. The van der Waals surface area contributed by atoms with Crippen LogP contribution >= 0.6 is 0 Å². The molecular formula is C27H37F2N3O3. The Morgan fingerprint density at radius 2 is 1.83 bits per heavy atom. The smallest absolute Gasteiger partial charge is 0.217 e. The zero-order valence-electron chi connectivity index (χ0n) is 20.7. The van der Waals surface area contributed by atoms with Crippen molar-refractivity contribution < 1.29 is 23.8 Å². The summed E-state index contributed by atoms with van der Waals surface area (Å²) < 4.78 is 27.3. The van der Waals surface area contributed by atoms with Crippen LogP contribution in [0.15, 0.2) is 36.4 Å². The first-order chi connectivity index (χ1) is 16.7. The van der Waals surface area contributed by atoms with E-state index in [4.69, 9.17) is 0 Å². The third-order valence-electron chi connectivity index (χ3n) is 6.31. The van der Waals surface area contributed by atoms with Gasteiger partial charge in [0.15, 0.2) is 0 Å². The number of nitrogens with zero attached hydrogens (tertiary/aromatic N) is 1. The van der Waals surface area contributed by atoms with Crippen molar-refractivity contribution in [3.63, 3.8) is 0 Å². The first-order valence-electron chi connectivity index (χ1n) is 12.3. The number of benzene rings is 2. The van der Waals surface area contributed by atoms with E-state index >= 15 is 0 Å². The number of aliphatic hydroxyl groups is 2. The van der Waals surface area contributed by atoms with Gasteiger partial charge in [0.25, 0.3) is 0 Å². The number of aliphatic hydroxyl groups excluding tert-OH is 2. The lowest BCUT2D eigenvalue weighted by molar-refractivity contribution is -0.120. The fourth-order valence-electron chi connectivity index (χ4n) is 4.83. The second kappa shape index (κ2) is 12.4. The van der Waals surface area contributed by atoms with Crippen molar-refractivity contribution >= 4 is 11.6 Å². The van der Waals surface area contributed by atoms with Gasteiger partial charge in [0.05, 0.1) is 18.8 Å². The second-order valence-electron chi connectivity index (χ2n) is 9.81. The van der Waals surface area contributed by atoms with Crippen LogP contribution < -0.4 is 15.5 Å². The van der Waals surface area contributed by atoms with Gasteiger partial charge in [-0.05, 0) is 60.1 Å². The van der Waals surface area contributed by atoms with Crippen LogP contribution in [0.2, 0.25) is 0 Å². The molecule has 4 N–H and O–H groups in total.